The summed E-state index contributed by atoms with van der Waals surface area (Å²) in [4.78, 5) is 23.1. The molecule has 0 aliphatic heterocycles. The number of rotatable bonds is 4. The molecular weight excluding hydrogens is 264 g/mol. The Kier molecular flexibility index (Phi) is 4.55. The second kappa shape index (κ2) is 6.16. The van der Waals surface area contributed by atoms with Crippen LogP contribution in [-0.2, 0) is 16.1 Å². The van der Waals surface area contributed by atoms with Gasteiger partial charge in [0.1, 0.15) is 0 Å². The fraction of sp³-hybridized carbons (Fsp3) is 0.538. The molecule has 1 aromatic rings. The predicted octanol–water partition coefficient (Wildman–Crippen LogP) is 0.786. The van der Waals surface area contributed by atoms with E-state index in [4.69, 9.17) is 0 Å². The second-order valence-electron chi connectivity index (χ2n) is 4.93. The highest BCUT2D eigenvalue weighted by molar-refractivity contribution is 7.07. The Balaban J connectivity index is 1.71. The summed E-state index contributed by atoms with van der Waals surface area (Å²) in [7, 11) is 0. The molecule has 19 heavy (non-hydrogen) atoms. The lowest BCUT2D eigenvalue weighted by Gasteiger charge is -2.21. The third kappa shape index (κ3) is 4.04. The third-order valence-corrected chi connectivity index (χ3v) is 4.08. The third-order valence-electron chi connectivity index (χ3n) is 3.35. The number of carbonyl (C=O) groups is 2. The molecule has 0 aromatic carbocycles. The zero-order valence-electron chi connectivity index (χ0n) is 10.6. The maximum atomic E-state index is 11.6. The van der Waals surface area contributed by atoms with Gasteiger partial charge >= 0.3 is 11.8 Å². The van der Waals surface area contributed by atoms with Crippen LogP contribution in [0.4, 0.5) is 0 Å². The van der Waals surface area contributed by atoms with E-state index in [2.05, 4.69) is 10.6 Å². The Hall–Kier alpha value is -1.40. The Morgan fingerprint density at radius 2 is 1.95 bits per heavy atom. The smallest absolute Gasteiger partial charge is 0.309 e. The van der Waals surface area contributed by atoms with Crippen molar-refractivity contribution < 1.29 is 14.7 Å². The summed E-state index contributed by atoms with van der Waals surface area (Å²) in [6, 6.07) is 1.89. The molecule has 0 bridgehead atoms. The van der Waals surface area contributed by atoms with E-state index in [1.807, 2.05) is 16.8 Å². The molecule has 2 rings (SSSR count). The van der Waals surface area contributed by atoms with E-state index < -0.39 is 17.4 Å². The normalized spacial score (nSPS) is 17.1. The van der Waals surface area contributed by atoms with Crippen LogP contribution >= 0.6 is 11.3 Å². The molecule has 1 saturated carbocycles. The van der Waals surface area contributed by atoms with Crippen molar-refractivity contribution in [2.75, 3.05) is 6.54 Å². The molecule has 5 nitrogen and oxygen atoms in total. The standard InChI is InChI=1S/C13H18N2O3S/c16-11(14-7-10-3-6-19-8-10)12(17)15-9-13(18)4-1-2-5-13/h3,6,8,18H,1-2,4-5,7,9H2,(H,14,16)(H,15,17). The minimum Gasteiger partial charge on any atom is -0.388 e. The lowest BCUT2D eigenvalue weighted by Crippen LogP contribution is -2.46. The van der Waals surface area contributed by atoms with Crippen LogP contribution in [0.15, 0.2) is 16.8 Å². The van der Waals surface area contributed by atoms with Crippen LogP contribution in [0.5, 0.6) is 0 Å². The largest absolute Gasteiger partial charge is 0.388 e. The van der Waals surface area contributed by atoms with Crippen molar-refractivity contribution in [1.82, 2.24) is 10.6 Å². The minimum atomic E-state index is -0.830. The molecule has 6 heteroatoms. The van der Waals surface area contributed by atoms with Gasteiger partial charge in [-0.05, 0) is 35.2 Å². The van der Waals surface area contributed by atoms with Crippen LogP contribution in [0, 0.1) is 0 Å². The lowest BCUT2D eigenvalue weighted by molar-refractivity contribution is -0.139. The van der Waals surface area contributed by atoms with Crippen molar-refractivity contribution in [2.45, 2.75) is 37.8 Å². The number of nitrogens with one attached hydrogen (secondary N) is 2. The SMILES string of the molecule is O=C(NCc1ccsc1)C(=O)NCC1(O)CCCC1. The topological polar surface area (TPSA) is 78.4 Å². The number of hydrogen-bond acceptors (Lipinski definition) is 4. The van der Waals surface area contributed by atoms with Gasteiger partial charge in [-0.1, -0.05) is 12.8 Å². The number of aliphatic hydroxyl groups is 1. The second-order valence-corrected chi connectivity index (χ2v) is 5.71. The summed E-state index contributed by atoms with van der Waals surface area (Å²) < 4.78 is 0. The fourth-order valence-corrected chi connectivity index (χ4v) is 2.86. The molecule has 0 unspecified atom stereocenters. The van der Waals surface area contributed by atoms with Gasteiger partial charge in [-0.25, -0.2) is 0 Å². The van der Waals surface area contributed by atoms with Gasteiger partial charge in [-0.3, -0.25) is 9.59 Å². The summed E-state index contributed by atoms with van der Waals surface area (Å²) in [5.74, 6) is -1.34. The van der Waals surface area contributed by atoms with E-state index in [0.717, 1.165) is 18.4 Å². The van der Waals surface area contributed by atoms with Gasteiger partial charge in [0.2, 0.25) is 0 Å². The minimum absolute atomic E-state index is 0.151. The van der Waals surface area contributed by atoms with Crippen LogP contribution < -0.4 is 10.6 Å². The number of amides is 2. The van der Waals surface area contributed by atoms with Crippen molar-refractivity contribution in [3.8, 4) is 0 Å². The first-order valence-electron chi connectivity index (χ1n) is 6.39. The maximum Gasteiger partial charge on any atom is 0.309 e. The van der Waals surface area contributed by atoms with E-state index in [-0.39, 0.29) is 6.54 Å². The summed E-state index contributed by atoms with van der Waals surface area (Å²) in [6.45, 7) is 0.498. The van der Waals surface area contributed by atoms with Gasteiger partial charge in [-0.2, -0.15) is 11.3 Å². The molecule has 1 aliphatic rings. The van der Waals surface area contributed by atoms with Crippen LogP contribution in [0.3, 0.4) is 0 Å². The molecule has 3 N–H and O–H groups in total. The first-order chi connectivity index (χ1) is 9.09. The van der Waals surface area contributed by atoms with Gasteiger partial charge in [0.05, 0.1) is 5.60 Å². The number of thiophene rings is 1. The first-order valence-corrected chi connectivity index (χ1v) is 7.33. The molecule has 104 valence electrons. The van der Waals surface area contributed by atoms with E-state index in [9.17, 15) is 14.7 Å². The monoisotopic (exact) mass is 282 g/mol. The van der Waals surface area contributed by atoms with Gasteiger partial charge < -0.3 is 15.7 Å². The van der Waals surface area contributed by atoms with Crippen LogP contribution in [0.25, 0.3) is 0 Å². The van der Waals surface area contributed by atoms with Crippen LogP contribution in [0.2, 0.25) is 0 Å². The lowest BCUT2D eigenvalue weighted by atomic mass is 10.0. The van der Waals surface area contributed by atoms with Gasteiger partial charge in [0, 0.05) is 13.1 Å². The highest BCUT2D eigenvalue weighted by Gasteiger charge is 2.31. The fourth-order valence-electron chi connectivity index (χ4n) is 2.19. The highest BCUT2D eigenvalue weighted by atomic mass is 32.1. The Bertz CT molecular complexity index is 439. The quantitative estimate of drug-likeness (QED) is 0.714. The van der Waals surface area contributed by atoms with E-state index >= 15 is 0 Å². The molecule has 0 saturated heterocycles. The molecule has 1 fully saturated rings. The van der Waals surface area contributed by atoms with E-state index in [1.165, 1.54) is 0 Å². The molecule has 1 aliphatic carbocycles. The molecule has 0 atom stereocenters. The maximum absolute atomic E-state index is 11.6. The summed E-state index contributed by atoms with van der Waals surface area (Å²) >= 11 is 1.54. The molecular formula is C13H18N2O3S. The van der Waals surface area contributed by atoms with Crippen LogP contribution in [-0.4, -0.2) is 29.1 Å². The van der Waals surface area contributed by atoms with Crippen LogP contribution in [0.1, 0.15) is 31.2 Å². The molecule has 0 spiro atoms. The summed E-state index contributed by atoms with van der Waals surface area (Å²) in [6.07, 6.45) is 3.31. The van der Waals surface area contributed by atoms with E-state index in [1.54, 1.807) is 11.3 Å². The van der Waals surface area contributed by atoms with Crippen molar-refractivity contribution in [3.63, 3.8) is 0 Å². The first kappa shape index (κ1) is 14.0. The molecule has 0 radical (unpaired) electrons. The molecule has 1 heterocycles. The van der Waals surface area contributed by atoms with Crippen molar-refractivity contribution in [3.05, 3.63) is 22.4 Å². The number of carbonyl (C=O) groups excluding carboxylic acids is 2. The molecule has 1 aromatic heterocycles. The Morgan fingerprint density at radius 1 is 1.26 bits per heavy atom. The Labute approximate surface area is 116 Å². The number of hydrogen-bond donors (Lipinski definition) is 3. The van der Waals surface area contributed by atoms with E-state index in [0.29, 0.717) is 19.4 Å². The zero-order valence-corrected chi connectivity index (χ0v) is 11.5. The van der Waals surface area contributed by atoms with Crippen molar-refractivity contribution >= 4 is 23.2 Å². The average molecular weight is 282 g/mol. The highest BCUT2D eigenvalue weighted by Crippen LogP contribution is 2.28. The zero-order chi connectivity index (χ0) is 13.7. The van der Waals surface area contributed by atoms with Crippen molar-refractivity contribution in [2.24, 2.45) is 0 Å². The summed E-state index contributed by atoms with van der Waals surface area (Å²) in [5.41, 5.74) is 0.143. The van der Waals surface area contributed by atoms with Gasteiger partial charge in [0.15, 0.2) is 0 Å². The predicted molar refractivity (Wildman–Crippen MR) is 72.6 cm³/mol. The Morgan fingerprint density at radius 3 is 2.58 bits per heavy atom. The summed E-state index contributed by atoms with van der Waals surface area (Å²) in [5, 5.41) is 18.9. The van der Waals surface area contributed by atoms with Crippen molar-refractivity contribution in [1.29, 1.82) is 0 Å². The molecule has 2 amide bonds. The van der Waals surface area contributed by atoms with Gasteiger partial charge in [0.25, 0.3) is 0 Å². The average Bonchev–Trinajstić information content (AvgIpc) is 3.05. The van der Waals surface area contributed by atoms with Gasteiger partial charge in [-0.15, -0.1) is 0 Å².